The van der Waals surface area contributed by atoms with Crippen molar-refractivity contribution in [3.8, 4) is 0 Å². The van der Waals surface area contributed by atoms with Gasteiger partial charge in [-0.1, -0.05) is 18.3 Å². The van der Waals surface area contributed by atoms with Gasteiger partial charge in [0, 0.05) is 6.42 Å². The first-order valence-electron chi connectivity index (χ1n) is 5.24. The molecule has 9 heteroatoms. The monoisotopic (exact) mass is 302 g/mol. The Hall–Kier alpha value is -1.06. The Balaban J connectivity index is 2.04. The van der Waals surface area contributed by atoms with Gasteiger partial charge in [0.1, 0.15) is 5.82 Å². The topological polar surface area (TPSA) is 77.9 Å². The molecule has 0 fully saturated rings. The molecule has 0 aliphatic heterocycles. The molecule has 96 valence electrons. The smallest absolute Gasteiger partial charge is 0.369 e. The molecular formula is C9H10N4O2S3. The number of hydrogen-bond donors (Lipinski definition) is 0. The number of esters is 1. The molecule has 0 unspecified atom stereocenters. The molecule has 0 saturated carbocycles. The van der Waals surface area contributed by atoms with Crippen LogP contribution in [0.3, 0.4) is 0 Å². The Labute approximate surface area is 116 Å². The minimum absolute atomic E-state index is 0.264. The minimum Gasteiger partial charge on any atom is -0.461 e. The Morgan fingerprint density at radius 1 is 1.33 bits per heavy atom. The molecule has 0 bridgehead atoms. The van der Waals surface area contributed by atoms with Crippen LogP contribution in [0, 0.1) is 0 Å². The summed E-state index contributed by atoms with van der Waals surface area (Å²) in [4.78, 5) is 15.7. The molecule has 2 heterocycles. The van der Waals surface area contributed by atoms with Crippen molar-refractivity contribution < 1.29 is 9.53 Å². The molecule has 2 rings (SSSR count). The van der Waals surface area contributed by atoms with Crippen molar-refractivity contribution in [2.75, 3.05) is 6.61 Å². The fourth-order valence-electron chi connectivity index (χ4n) is 1.02. The summed E-state index contributed by atoms with van der Waals surface area (Å²) in [5.41, 5.74) is 0. The van der Waals surface area contributed by atoms with Gasteiger partial charge in [0.2, 0.25) is 5.01 Å². The molecule has 0 atom stereocenters. The molecule has 18 heavy (non-hydrogen) atoms. The first-order valence-corrected chi connectivity index (χ1v) is 7.64. The highest BCUT2D eigenvalue weighted by molar-refractivity contribution is 8.02. The van der Waals surface area contributed by atoms with E-state index in [1.165, 1.54) is 34.6 Å². The summed E-state index contributed by atoms with van der Waals surface area (Å²) in [5.74, 6) is 0.381. The third-order valence-electron chi connectivity index (χ3n) is 1.80. The zero-order valence-corrected chi connectivity index (χ0v) is 12.2. The molecule has 0 aromatic carbocycles. The van der Waals surface area contributed by atoms with Crippen LogP contribution >= 0.6 is 34.6 Å². The number of rotatable bonds is 5. The van der Waals surface area contributed by atoms with E-state index in [0.29, 0.717) is 10.9 Å². The van der Waals surface area contributed by atoms with Gasteiger partial charge in [-0.25, -0.2) is 9.78 Å². The number of hydrogen-bond acceptors (Lipinski definition) is 9. The van der Waals surface area contributed by atoms with Crippen LogP contribution in [0.25, 0.3) is 0 Å². The highest BCUT2D eigenvalue weighted by Crippen LogP contribution is 2.31. The van der Waals surface area contributed by atoms with E-state index in [-0.39, 0.29) is 5.01 Å². The van der Waals surface area contributed by atoms with E-state index in [9.17, 15) is 4.79 Å². The first-order chi connectivity index (χ1) is 8.72. The fraction of sp³-hybridized carbons (Fsp3) is 0.444. The van der Waals surface area contributed by atoms with Gasteiger partial charge in [-0.2, -0.15) is 4.37 Å². The first kappa shape index (κ1) is 13.4. The Morgan fingerprint density at radius 2 is 2.17 bits per heavy atom. The number of aromatic nitrogens is 4. The van der Waals surface area contributed by atoms with Crippen molar-refractivity contribution in [2.45, 2.75) is 28.9 Å². The molecular weight excluding hydrogens is 292 g/mol. The SMILES string of the molecule is CCOC(=O)c1nnc(Sc2nc(CC)ns2)s1. The average Bonchev–Trinajstić information content (AvgIpc) is 2.99. The second kappa shape index (κ2) is 6.21. The highest BCUT2D eigenvalue weighted by Gasteiger charge is 2.15. The molecule has 0 radical (unpaired) electrons. The van der Waals surface area contributed by atoms with Crippen LogP contribution < -0.4 is 0 Å². The lowest BCUT2D eigenvalue weighted by Crippen LogP contribution is -2.03. The van der Waals surface area contributed by atoms with E-state index in [2.05, 4.69) is 19.6 Å². The summed E-state index contributed by atoms with van der Waals surface area (Å²) in [6.45, 7) is 4.08. The quantitative estimate of drug-likeness (QED) is 0.784. The zero-order valence-electron chi connectivity index (χ0n) is 9.74. The molecule has 6 nitrogen and oxygen atoms in total. The third kappa shape index (κ3) is 3.24. The summed E-state index contributed by atoms with van der Waals surface area (Å²) in [6, 6.07) is 0. The van der Waals surface area contributed by atoms with Crippen molar-refractivity contribution in [2.24, 2.45) is 0 Å². The van der Waals surface area contributed by atoms with Crippen molar-refractivity contribution in [1.29, 1.82) is 0 Å². The van der Waals surface area contributed by atoms with Gasteiger partial charge in [0.25, 0.3) is 0 Å². The van der Waals surface area contributed by atoms with Gasteiger partial charge in [-0.3, -0.25) is 0 Å². The van der Waals surface area contributed by atoms with Crippen molar-refractivity contribution in [3.63, 3.8) is 0 Å². The number of aryl methyl sites for hydroxylation is 1. The van der Waals surface area contributed by atoms with Gasteiger partial charge in [-0.05, 0) is 30.2 Å². The predicted molar refractivity (Wildman–Crippen MR) is 69.3 cm³/mol. The summed E-state index contributed by atoms with van der Waals surface area (Å²) in [5, 5.41) is 7.97. The predicted octanol–water partition coefficient (Wildman–Crippen LogP) is 2.28. The summed E-state index contributed by atoms with van der Waals surface area (Å²) in [7, 11) is 0. The molecule has 2 aromatic heterocycles. The van der Waals surface area contributed by atoms with E-state index < -0.39 is 5.97 Å². The second-order valence-corrected chi connectivity index (χ2v) is 6.25. The molecule has 0 spiro atoms. The van der Waals surface area contributed by atoms with Gasteiger partial charge >= 0.3 is 5.97 Å². The van der Waals surface area contributed by atoms with Crippen LogP contribution in [-0.2, 0) is 11.2 Å². The molecule has 0 saturated heterocycles. The van der Waals surface area contributed by atoms with Crippen molar-refractivity contribution >= 4 is 40.6 Å². The number of carbonyl (C=O) groups excluding carboxylic acids is 1. The van der Waals surface area contributed by atoms with E-state index >= 15 is 0 Å². The second-order valence-electron chi connectivity index (χ2n) is 3.03. The van der Waals surface area contributed by atoms with E-state index in [1.54, 1.807) is 6.92 Å². The van der Waals surface area contributed by atoms with Gasteiger partial charge in [-0.15, -0.1) is 10.2 Å². The van der Waals surface area contributed by atoms with Crippen LogP contribution in [0.1, 0.15) is 29.5 Å². The normalized spacial score (nSPS) is 10.6. The van der Waals surface area contributed by atoms with Gasteiger partial charge in [0.05, 0.1) is 6.61 Å². The van der Waals surface area contributed by atoms with E-state index in [4.69, 9.17) is 4.74 Å². The zero-order chi connectivity index (χ0) is 13.0. The standard InChI is InChI=1S/C9H10N4O2S3/c1-3-5-10-8(18-13-5)17-9-12-11-6(16-9)7(14)15-4-2/h3-4H2,1-2H3. The van der Waals surface area contributed by atoms with E-state index in [0.717, 1.165) is 16.6 Å². The van der Waals surface area contributed by atoms with E-state index in [1.807, 2.05) is 6.92 Å². The maximum atomic E-state index is 11.4. The Bertz CT molecular complexity index is 539. The molecule has 2 aromatic rings. The van der Waals surface area contributed by atoms with Gasteiger partial charge < -0.3 is 4.74 Å². The van der Waals surface area contributed by atoms with Crippen LogP contribution in [0.2, 0.25) is 0 Å². The minimum atomic E-state index is -0.437. The molecule has 0 amide bonds. The summed E-state index contributed by atoms with van der Waals surface area (Å²) in [6.07, 6.45) is 0.807. The maximum Gasteiger partial charge on any atom is 0.369 e. The average molecular weight is 302 g/mol. The highest BCUT2D eigenvalue weighted by atomic mass is 32.2. The van der Waals surface area contributed by atoms with Crippen LogP contribution in [0.4, 0.5) is 0 Å². The molecule has 0 N–H and O–H groups in total. The molecule has 0 aliphatic rings. The Morgan fingerprint density at radius 3 is 2.83 bits per heavy atom. The lowest BCUT2D eigenvalue weighted by Gasteiger charge is -1.94. The largest absolute Gasteiger partial charge is 0.461 e. The summed E-state index contributed by atoms with van der Waals surface area (Å²) >= 11 is 3.88. The van der Waals surface area contributed by atoms with Gasteiger partial charge in [0.15, 0.2) is 8.68 Å². The number of nitrogens with zero attached hydrogens (tertiary/aromatic N) is 4. The fourth-order valence-corrected chi connectivity index (χ4v) is 3.67. The number of ether oxygens (including phenoxy) is 1. The summed E-state index contributed by atoms with van der Waals surface area (Å²) < 4.78 is 10.5. The lowest BCUT2D eigenvalue weighted by atomic mass is 10.5. The maximum absolute atomic E-state index is 11.4. The van der Waals surface area contributed by atoms with Crippen LogP contribution in [0.5, 0.6) is 0 Å². The van der Waals surface area contributed by atoms with Crippen molar-refractivity contribution in [3.05, 3.63) is 10.8 Å². The van der Waals surface area contributed by atoms with Crippen molar-refractivity contribution in [1.82, 2.24) is 19.6 Å². The van der Waals surface area contributed by atoms with Crippen LogP contribution in [-0.4, -0.2) is 32.1 Å². The number of carbonyl (C=O) groups is 1. The lowest BCUT2D eigenvalue weighted by molar-refractivity contribution is 0.0525. The van der Waals surface area contributed by atoms with Crippen LogP contribution in [0.15, 0.2) is 8.68 Å². The Kier molecular flexibility index (Phi) is 4.61. The third-order valence-corrected chi connectivity index (χ3v) is 4.54. The molecule has 0 aliphatic carbocycles.